The Kier molecular flexibility index (Phi) is 2.18. The van der Waals surface area contributed by atoms with Crippen molar-refractivity contribution in [2.75, 3.05) is 7.11 Å². The van der Waals surface area contributed by atoms with Gasteiger partial charge in [0.25, 0.3) is 0 Å². The summed E-state index contributed by atoms with van der Waals surface area (Å²) < 4.78 is 4.52. The molecule has 1 aliphatic rings. The van der Waals surface area contributed by atoms with Gasteiger partial charge in [-0.2, -0.15) is 0 Å². The average molecular weight is 157 g/mol. The summed E-state index contributed by atoms with van der Waals surface area (Å²) in [5.74, 6) is -0.293. The van der Waals surface area contributed by atoms with Crippen molar-refractivity contribution in [3.05, 3.63) is 0 Å². The third-order valence-electron chi connectivity index (χ3n) is 2.32. The van der Waals surface area contributed by atoms with Crippen LogP contribution in [0.1, 0.15) is 26.2 Å². The number of hydrogen-bond donors (Lipinski definition) is 1. The van der Waals surface area contributed by atoms with Crippen LogP contribution in [0.25, 0.3) is 0 Å². The molecule has 0 amide bonds. The summed E-state index contributed by atoms with van der Waals surface area (Å²) in [6.45, 7) is 2.15. The monoisotopic (exact) mass is 157 g/mol. The third-order valence-corrected chi connectivity index (χ3v) is 2.32. The van der Waals surface area contributed by atoms with Crippen molar-refractivity contribution in [1.29, 1.82) is 0 Å². The summed E-state index contributed by atoms with van der Waals surface area (Å²) in [5, 5.41) is 0. The van der Waals surface area contributed by atoms with E-state index in [2.05, 4.69) is 11.7 Å². The van der Waals surface area contributed by atoms with Crippen molar-refractivity contribution >= 4 is 5.97 Å². The fourth-order valence-corrected chi connectivity index (χ4v) is 1.18. The number of rotatable bonds is 3. The van der Waals surface area contributed by atoms with E-state index in [0.717, 1.165) is 6.42 Å². The third kappa shape index (κ3) is 2.19. The van der Waals surface area contributed by atoms with Crippen molar-refractivity contribution in [2.45, 2.75) is 32.2 Å². The Labute approximate surface area is 66.9 Å². The number of esters is 1. The van der Waals surface area contributed by atoms with Crippen molar-refractivity contribution in [3.8, 4) is 0 Å². The second-order valence-electron chi connectivity index (χ2n) is 3.64. The van der Waals surface area contributed by atoms with E-state index in [1.54, 1.807) is 0 Å². The first-order valence-electron chi connectivity index (χ1n) is 3.91. The highest BCUT2D eigenvalue weighted by molar-refractivity contribution is 5.75. The molecule has 1 saturated carbocycles. The maximum absolute atomic E-state index is 10.9. The van der Waals surface area contributed by atoms with Gasteiger partial charge < -0.3 is 10.5 Å². The molecule has 0 aromatic heterocycles. The molecule has 0 saturated heterocycles. The lowest BCUT2D eigenvalue weighted by Crippen LogP contribution is -2.33. The maximum atomic E-state index is 10.9. The van der Waals surface area contributed by atoms with Crippen molar-refractivity contribution < 1.29 is 9.53 Å². The first kappa shape index (κ1) is 8.53. The molecule has 0 heterocycles. The molecule has 1 rings (SSSR count). The average Bonchev–Trinajstić information content (AvgIpc) is 2.66. The van der Waals surface area contributed by atoms with E-state index in [0.29, 0.717) is 5.41 Å². The summed E-state index contributed by atoms with van der Waals surface area (Å²) in [7, 11) is 1.37. The molecule has 1 aliphatic carbocycles. The molecule has 2 N–H and O–H groups in total. The lowest BCUT2D eigenvalue weighted by atomic mass is 10.00. The standard InChI is InChI=1S/C8H15NO2/c1-8(3-4-8)5-6(9)7(10)11-2/h6H,3-5,9H2,1-2H3/t6-/m0/s1. The summed E-state index contributed by atoms with van der Waals surface area (Å²) in [4.78, 5) is 10.9. The smallest absolute Gasteiger partial charge is 0.322 e. The zero-order valence-electron chi connectivity index (χ0n) is 7.09. The van der Waals surface area contributed by atoms with Crippen LogP contribution in [-0.2, 0) is 9.53 Å². The predicted octanol–water partition coefficient (Wildman–Crippen LogP) is 0.677. The quantitative estimate of drug-likeness (QED) is 0.613. The van der Waals surface area contributed by atoms with Gasteiger partial charge in [-0.15, -0.1) is 0 Å². The van der Waals surface area contributed by atoms with Crippen LogP contribution >= 0.6 is 0 Å². The zero-order chi connectivity index (χ0) is 8.48. The normalized spacial score (nSPS) is 22.5. The minimum Gasteiger partial charge on any atom is -0.468 e. The molecule has 0 aromatic carbocycles. The Morgan fingerprint density at radius 1 is 1.73 bits per heavy atom. The van der Waals surface area contributed by atoms with Crippen molar-refractivity contribution in [1.82, 2.24) is 0 Å². The lowest BCUT2D eigenvalue weighted by molar-refractivity contribution is -0.142. The molecule has 0 bridgehead atoms. The van der Waals surface area contributed by atoms with E-state index in [-0.39, 0.29) is 5.97 Å². The topological polar surface area (TPSA) is 52.3 Å². The highest BCUT2D eigenvalue weighted by atomic mass is 16.5. The minimum absolute atomic E-state index is 0.293. The molecule has 0 spiro atoms. The van der Waals surface area contributed by atoms with Gasteiger partial charge in [0, 0.05) is 0 Å². The molecule has 0 aliphatic heterocycles. The van der Waals surface area contributed by atoms with Crippen LogP contribution < -0.4 is 5.73 Å². The lowest BCUT2D eigenvalue weighted by Gasteiger charge is -2.13. The summed E-state index contributed by atoms with van der Waals surface area (Å²) in [6.07, 6.45) is 3.15. The molecule has 0 aromatic rings. The number of carbonyl (C=O) groups is 1. The second kappa shape index (κ2) is 2.81. The minimum atomic E-state index is -0.424. The van der Waals surface area contributed by atoms with E-state index in [1.165, 1.54) is 20.0 Å². The Bertz CT molecular complexity index is 163. The number of ether oxygens (including phenoxy) is 1. The van der Waals surface area contributed by atoms with E-state index < -0.39 is 6.04 Å². The van der Waals surface area contributed by atoms with Gasteiger partial charge in [0.1, 0.15) is 6.04 Å². The number of methoxy groups -OCH3 is 1. The first-order valence-corrected chi connectivity index (χ1v) is 3.91. The number of hydrogen-bond acceptors (Lipinski definition) is 3. The van der Waals surface area contributed by atoms with Gasteiger partial charge in [0.2, 0.25) is 0 Å². The van der Waals surface area contributed by atoms with Gasteiger partial charge in [0.05, 0.1) is 7.11 Å². The van der Waals surface area contributed by atoms with Crippen LogP contribution in [0, 0.1) is 5.41 Å². The largest absolute Gasteiger partial charge is 0.468 e. The second-order valence-corrected chi connectivity index (χ2v) is 3.64. The van der Waals surface area contributed by atoms with Crippen LogP contribution in [-0.4, -0.2) is 19.1 Å². The molecule has 11 heavy (non-hydrogen) atoms. The number of carbonyl (C=O) groups excluding carboxylic acids is 1. The molecule has 1 atom stereocenters. The van der Waals surface area contributed by atoms with Crippen LogP contribution in [0.15, 0.2) is 0 Å². The van der Waals surface area contributed by atoms with Gasteiger partial charge in [-0.1, -0.05) is 6.92 Å². The van der Waals surface area contributed by atoms with Crippen LogP contribution in [0.5, 0.6) is 0 Å². The van der Waals surface area contributed by atoms with E-state index >= 15 is 0 Å². The highest BCUT2D eigenvalue weighted by Gasteiger charge is 2.40. The zero-order valence-corrected chi connectivity index (χ0v) is 7.09. The first-order chi connectivity index (χ1) is 5.07. The summed E-state index contributed by atoms with van der Waals surface area (Å²) in [6, 6.07) is -0.424. The molecular formula is C8H15NO2. The Morgan fingerprint density at radius 3 is 2.64 bits per heavy atom. The number of nitrogens with two attached hydrogens (primary N) is 1. The molecule has 3 nitrogen and oxygen atoms in total. The van der Waals surface area contributed by atoms with E-state index in [4.69, 9.17) is 5.73 Å². The van der Waals surface area contributed by atoms with Crippen molar-refractivity contribution in [3.63, 3.8) is 0 Å². The SMILES string of the molecule is COC(=O)[C@@H](N)CC1(C)CC1. The maximum Gasteiger partial charge on any atom is 0.322 e. The molecule has 0 radical (unpaired) electrons. The Morgan fingerprint density at radius 2 is 2.27 bits per heavy atom. The van der Waals surface area contributed by atoms with Crippen molar-refractivity contribution in [2.24, 2.45) is 11.1 Å². The van der Waals surface area contributed by atoms with Gasteiger partial charge in [0.15, 0.2) is 0 Å². The van der Waals surface area contributed by atoms with E-state index in [9.17, 15) is 4.79 Å². The molecule has 3 heteroatoms. The highest BCUT2D eigenvalue weighted by Crippen LogP contribution is 2.48. The van der Waals surface area contributed by atoms with Crippen LogP contribution in [0.3, 0.4) is 0 Å². The van der Waals surface area contributed by atoms with Gasteiger partial charge >= 0.3 is 5.97 Å². The van der Waals surface area contributed by atoms with E-state index in [1.807, 2.05) is 0 Å². The Hall–Kier alpha value is -0.570. The molecule has 64 valence electrons. The molecule has 1 fully saturated rings. The Balaban J connectivity index is 2.31. The van der Waals surface area contributed by atoms with Gasteiger partial charge in [-0.05, 0) is 24.7 Å². The fraction of sp³-hybridized carbons (Fsp3) is 0.875. The van der Waals surface area contributed by atoms with Crippen LogP contribution in [0.2, 0.25) is 0 Å². The molecule has 0 unspecified atom stereocenters. The van der Waals surface area contributed by atoms with Crippen LogP contribution in [0.4, 0.5) is 0 Å². The fourth-order valence-electron chi connectivity index (χ4n) is 1.18. The van der Waals surface area contributed by atoms with Gasteiger partial charge in [-0.25, -0.2) is 0 Å². The summed E-state index contributed by atoms with van der Waals surface area (Å²) >= 11 is 0. The summed E-state index contributed by atoms with van der Waals surface area (Å²) in [5.41, 5.74) is 5.91. The predicted molar refractivity (Wildman–Crippen MR) is 41.9 cm³/mol. The van der Waals surface area contributed by atoms with Gasteiger partial charge in [-0.3, -0.25) is 4.79 Å². The molecular weight excluding hydrogens is 142 g/mol.